The number of carbonyl (C=O) groups is 1. The summed E-state index contributed by atoms with van der Waals surface area (Å²) in [6.07, 6.45) is 32.1. The number of phosphoric acid groups is 1. The second-order valence-corrected chi connectivity index (χ2v) is 18.0. The largest absolute Gasteiger partial charge is 0.472 e. The lowest BCUT2D eigenvalue weighted by molar-refractivity contribution is -0.220. The van der Waals surface area contributed by atoms with E-state index in [4.69, 9.17) is 18.5 Å². The Morgan fingerprint density at radius 1 is 0.550 bits per heavy atom. The topological polar surface area (TPSA) is 192 Å². The first-order chi connectivity index (χ1) is 29.0. The van der Waals surface area contributed by atoms with Gasteiger partial charge in [0.15, 0.2) is 0 Å². The maximum absolute atomic E-state index is 12.8. The lowest BCUT2D eigenvalue weighted by atomic mass is 9.85. The third-order valence-corrected chi connectivity index (χ3v) is 12.0. The summed E-state index contributed by atoms with van der Waals surface area (Å²) in [4.78, 5) is 23.2. The normalized spacial score (nSPS) is 22.6. The second kappa shape index (κ2) is 38.1. The summed E-state index contributed by atoms with van der Waals surface area (Å²) in [7, 11) is -5.02. The van der Waals surface area contributed by atoms with E-state index in [-0.39, 0.29) is 13.0 Å². The minimum absolute atomic E-state index is 0.0794. The van der Waals surface area contributed by atoms with Gasteiger partial charge in [-0.2, -0.15) is 0 Å². The van der Waals surface area contributed by atoms with E-state index < -0.39 is 63.1 Å². The van der Waals surface area contributed by atoms with Crippen LogP contribution in [0.4, 0.5) is 0 Å². The quantitative estimate of drug-likeness (QED) is 0.0148. The molecule has 0 heterocycles. The molecule has 6 atom stereocenters. The summed E-state index contributed by atoms with van der Waals surface area (Å²) < 4.78 is 34.2. The Bertz CT molecular complexity index is 1130. The SMILES string of the molecule is CC/C=C\C/C=C\C/C=C\CCCCCCCCCCOCC(COP(=O)(O)OC1C(O)C(O)C(O)C(O)C1O)OC(=O)CCCCCCCCCCCCCCCCC. The van der Waals surface area contributed by atoms with Gasteiger partial charge in [0.1, 0.15) is 42.7 Å². The molecule has 0 saturated heterocycles. The standard InChI is InChI=1S/C47H87O12P/c1-3-5-7-9-11-13-15-17-19-20-21-23-25-27-29-31-33-35-37-56-38-40(39-57-60(54,55)59-47-45(52)43(50)42(49)44(51)46(47)53)58-41(48)36-34-32-30-28-26-24-22-18-16-14-12-10-8-6-4-2/h5,7,11,13,17,19,40,42-47,49-53H,3-4,6,8-10,12,14-16,18,20-39H2,1-2H3,(H,54,55)/b7-5-,13-11-,19-17-. The van der Waals surface area contributed by atoms with Crippen molar-refractivity contribution in [3.63, 3.8) is 0 Å². The summed E-state index contributed by atoms with van der Waals surface area (Å²) in [5.41, 5.74) is 0. The van der Waals surface area contributed by atoms with Crippen molar-refractivity contribution in [2.45, 2.75) is 236 Å². The third-order valence-electron chi connectivity index (χ3n) is 11.0. The van der Waals surface area contributed by atoms with Crippen molar-refractivity contribution in [3.8, 4) is 0 Å². The Kier molecular flexibility index (Phi) is 35.9. The molecule has 60 heavy (non-hydrogen) atoms. The maximum Gasteiger partial charge on any atom is 0.472 e. The number of carbonyl (C=O) groups excluding carboxylic acids is 1. The van der Waals surface area contributed by atoms with Crippen LogP contribution in [0, 0.1) is 0 Å². The Balaban J connectivity index is 2.38. The molecular formula is C47H87O12P. The first-order valence-electron chi connectivity index (χ1n) is 23.8. The van der Waals surface area contributed by atoms with E-state index in [1.54, 1.807) is 0 Å². The molecule has 1 aliphatic rings. The predicted octanol–water partition coefficient (Wildman–Crippen LogP) is 9.87. The highest BCUT2D eigenvalue weighted by Crippen LogP contribution is 2.47. The molecule has 0 spiro atoms. The van der Waals surface area contributed by atoms with Gasteiger partial charge in [-0.25, -0.2) is 4.57 Å². The number of unbranched alkanes of at least 4 members (excludes halogenated alkanes) is 22. The Morgan fingerprint density at radius 3 is 1.50 bits per heavy atom. The first-order valence-corrected chi connectivity index (χ1v) is 25.3. The Hall–Kier alpha value is -1.44. The van der Waals surface area contributed by atoms with Crippen LogP contribution in [0.15, 0.2) is 36.5 Å². The molecule has 6 unspecified atom stereocenters. The number of allylic oxidation sites excluding steroid dienone is 6. The molecule has 1 aliphatic carbocycles. The van der Waals surface area contributed by atoms with Crippen molar-refractivity contribution in [1.29, 1.82) is 0 Å². The number of esters is 1. The molecule has 352 valence electrons. The number of hydrogen-bond acceptors (Lipinski definition) is 11. The van der Waals surface area contributed by atoms with Gasteiger partial charge in [0.2, 0.25) is 0 Å². The molecule has 1 fully saturated rings. The van der Waals surface area contributed by atoms with Crippen molar-refractivity contribution in [1.82, 2.24) is 0 Å². The molecule has 0 amide bonds. The van der Waals surface area contributed by atoms with Gasteiger partial charge in [-0.05, 0) is 44.9 Å². The highest BCUT2D eigenvalue weighted by molar-refractivity contribution is 7.47. The average molecular weight is 875 g/mol. The van der Waals surface area contributed by atoms with Crippen LogP contribution >= 0.6 is 7.82 Å². The first kappa shape index (κ1) is 56.6. The number of aliphatic hydroxyl groups excluding tert-OH is 5. The van der Waals surface area contributed by atoms with E-state index in [1.165, 1.54) is 96.3 Å². The minimum Gasteiger partial charge on any atom is -0.457 e. The van der Waals surface area contributed by atoms with Gasteiger partial charge in [0, 0.05) is 13.0 Å². The summed E-state index contributed by atoms with van der Waals surface area (Å²) in [5.74, 6) is -0.479. The van der Waals surface area contributed by atoms with E-state index in [2.05, 4.69) is 50.3 Å². The van der Waals surface area contributed by atoms with Gasteiger partial charge < -0.3 is 39.9 Å². The molecule has 12 nitrogen and oxygen atoms in total. The van der Waals surface area contributed by atoms with Crippen molar-refractivity contribution >= 4 is 13.8 Å². The van der Waals surface area contributed by atoms with Gasteiger partial charge in [0.05, 0.1) is 13.2 Å². The van der Waals surface area contributed by atoms with Crippen LogP contribution in [0.2, 0.25) is 0 Å². The number of hydrogen-bond donors (Lipinski definition) is 6. The maximum atomic E-state index is 12.8. The predicted molar refractivity (Wildman–Crippen MR) is 239 cm³/mol. The molecule has 0 radical (unpaired) electrons. The molecule has 0 aromatic rings. The van der Waals surface area contributed by atoms with Crippen molar-refractivity contribution in [2.24, 2.45) is 0 Å². The fourth-order valence-electron chi connectivity index (χ4n) is 7.25. The summed E-state index contributed by atoms with van der Waals surface area (Å²) >= 11 is 0. The second-order valence-electron chi connectivity index (χ2n) is 16.6. The van der Waals surface area contributed by atoms with E-state index in [9.17, 15) is 39.8 Å². The third kappa shape index (κ3) is 29.8. The van der Waals surface area contributed by atoms with Gasteiger partial charge >= 0.3 is 13.8 Å². The molecule has 13 heteroatoms. The van der Waals surface area contributed by atoms with Gasteiger partial charge in [-0.3, -0.25) is 13.8 Å². The number of rotatable bonds is 40. The number of phosphoric ester groups is 1. The van der Waals surface area contributed by atoms with E-state index >= 15 is 0 Å². The van der Waals surface area contributed by atoms with E-state index in [1.807, 2.05) is 0 Å². The van der Waals surface area contributed by atoms with Crippen molar-refractivity contribution < 1.29 is 58.3 Å². The zero-order valence-electron chi connectivity index (χ0n) is 37.5. The average Bonchev–Trinajstić information content (AvgIpc) is 3.23. The molecule has 0 aromatic carbocycles. The van der Waals surface area contributed by atoms with Gasteiger partial charge in [-0.1, -0.05) is 179 Å². The highest BCUT2D eigenvalue weighted by Gasteiger charge is 2.51. The van der Waals surface area contributed by atoms with E-state index in [0.29, 0.717) is 13.0 Å². The van der Waals surface area contributed by atoms with Crippen molar-refractivity contribution in [2.75, 3.05) is 19.8 Å². The smallest absolute Gasteiger partial charge is 0.457 e. The Morgan fingerprint density at radius 2 is 0.983 bits per heavy atom. The summed E-state index contributed by atoms with van der Waals surface area (Å²) in [6.45, 7) is 4.15. The van der Waals surface area contributed by atoms with Crippen LogP contribution in [-0.2, 0) is 27.9 Å². The van der Waals surface area contributed by atoms with Crippen molar-refractivity contribution in [3.05, 3.63) is 36.5 Å². The van der Waals surface area contributed by atoms with Crippen LogP contribution in [0.3, 0.4) is 0 Å². The fourth-order valence-corrected chi connectivity index (χ4v) is 8.23. The number of aliphatic hydroxyl groups is 5. The molecular weight excluding hydrogens is 787 g/mol. The zero-order valence-corrected chi connectivity index (χ0v) is 38.4. The Labute approximate surface area is 363 Å². The zero-order chi connectivity index (χ0) is 44.1. The minimum atomic E-state index is -5.02. The molecule has 6 N–H and O–H groups in total. The summed E-state index contributed by atoms with van der Waals surface area (Å²) in [5, 5.41) is 50.2. The summed E-state index contributed by atoms with van der Waals surface area (Å²) in [6, 6.07) is 0. The lowest BCUT2D eigenvalue weighted by Gasteiger charge is -2.41. The molecule has 1 saturated carbocycles. The van der Waals surface area contributed by atoms with E-state index in [0.717, 1.165) is 70.6 Å². The van der Waals surface area contributed by atoms with Crippen LogP contribution in [-0.4, -0.2) is 98.9 Å². The lowest BCUT2D eigenvalue weighted by Crippen LogP contribution is -2.64. The van der Waals surface area contributed by atoms with Gasteiger partial charge in [0.25, 0.3) is 0 Å². The van der Waals surface area contributed by atoms with Crippen LogP contribution < -0.4 is 0 Å². The highest BCUT2D eigenvalue weighted by atomic mass is 31.2. The monoisotopic (exact) mass is 875 g/mol. The van der Waals surface area contributed by atoms with Crippen LogP contribution in [0.25, 0.3) is 0 Å². The molecule has 0 bridgehead atoms. The number of ether oxygens (including phenoxy) is 2. The molecule has 1 rings (SSSR count). The molecule has 0 aromatic heterocycles. The van der Waals surface area contributed by atoms with Crippen LogP contribution in [0.5, 0.6) is 0 Å². The fraction of sp³-hybridized carbons (Fsp3) is 0.851. The van der Waals surface area contributed by atoms with Crippen LogP contribution in [0.1, 0.15) is 194 Å². The van der Waals surface area contributed by atoms with Gasteiger partial charge in [-0.15, -0.1) is 0 Å². The molecule has 0 aliphatic heterocycles.